The first kappa shape index (κ1) is 19.6. The van der Waals surface area contributed by atoms with Gasteiger partial charge in [0.2, 0.25) is 12.3 Å². The number of hydrogen-bond acceptors (Lipinski definition) is 4. The molecule has 0 heterocycles. The van der Waals surface area contributed by atoms with Gasteiger partial charge in [0.1, 0.15) is 16.1 Å². The smallest absolute Gasteiger partial charge is 0.281 e. The van der Waals surface area contributed by atoms with E-state index in [1.807, 2.05) is 0 Å². The van der Waals surface area contributed by atoms with Gasteiger partial charge in [0.25, 0.3) is 5.69 Å². The second kappa shape index (κ2) is 6.86. The van der Waals surface area contributed by atoms with Gasteiger partial charge in [-0.05, 0) is 30.3 Å². The molecule has 0 aromatic heterocycles. The molecule has 11 heteroatoms. The van der Waals surface area contributed by atoms with Gasteiger partial charge in [0.05, 0.1) is 4.92 Å². The third kappa shape index (κ3) is 3.76. The van der Waals surface area contributed by atoms with E-state index in [9.17, 15) is 27.9 Å². The number of nitro groups is 1. The first-order valence-electron chi connectivity index (χ1n) is 6.51. The van der Waals surface area contributed by atoms with Crippen LogP contribution in [0.15, 0.2) is 18.2 Å². The van der Waals surface area contributed by atoms with Crippen LogP contribution in [0.4, 0.5) is 18.9 Å². The molecule has 0 aliphatic heterocycles. The molecule has 0 bridgehead atoms. The van der Waals surface area contributed by atoms with Crippen LogP contribution < -0.4 is 10.0 Å². The maximum absolute atomic E-state index is 14.0. The van der Waals surface area contributed by atoms with Crippen LogP contribution in [0.3, 0.4) is 0 Å². The Morgan fingerprint density at radius 3 is 2.32 bits per heavy atom. The minimum absolute atomic E-state index is 0.285. The van der Waals surface area contributed by atoms with Crippen molar-refractivity contribution in [2.24, 2.45) is 0 Å². The molecular formula is C14H9Cl2F3NO4P. The van der Waals surface area contributed by atoms with Crippen molar-refractivity contribution in [3.8, 4) is 11.5 Å². The van der Waals surface area contributed by atoms with Gasteiger partial charge < -0.3 is 9.30 Å². The summed E-state index contributed by atoms with van der Waals surface area (Å²) in [6.45, 7) is -1.55. The lowest BCUT2D eigenvalue weighted by Crippen LogP contribution is -2.08. The molecule has 0 saturated carbocycles. The number of benzene rings is 2. The second-order valence-electron chi connectivity index (χ2n) is 5.04. The zero-order valence-corrected chi connectivity index (χ0v) is 15.1. The standard InChI is InChI=1S/C14H9Cl2F3NO4P/c1-6-11(17)10(15)14(13(19)12(6)18)24-7-3-4-8(20(21)22)9(5-7)25(2,16)23/h3-5H,1-2H3. The highest BCUT2D eigenvalue weighted by Gasteiger charge is 2.28. The number of nitrogens with zero attached hydrogens (tertiary/aromatic N) is 1. The SMILES string of the molecule is Cc1c(F)c(F)c(Oc2ccc([N+](=O)[O-])c(P(C)(=O)Cl)c2)c(Cl)c1F. The minimum Gasteiger partial charge on any atom is -0.452 e. The molecule has 0 saturated heterocycles. The van der Waals surface area contributed by atoms with Crippen LogP contribution in [-0.4, -0.2) is 11.6 Å². The predicted molar refractivity (Wildman–Crippen MR) is 88.3 cm³/mol. The summed E-state index contributed by atoms with van der Waals surface area (Å²) in [5.41, 5.74) is -1.17. The van der Waals surface area contributed by atoms with E-state index in [0.717, 1.165) is 31.8 Å². The second-order valence-corrected chi connectivity index (χ2v) is 9.47. The van der Waals surface area contributed by atoms with E-state index >= 15 is 0 Å². The van der Waals surface area contributed by atoms with Crippen molar-refractivity contribution in [1.82, 2.24) is 0 Å². The minimum atomic E-state index is -3.62. The summed E-state index contributed by atoms with van der Waals surface area (Å²) >= 11 is 11.3. The molecule has 0 N–H and O–H groups in total. The number of rotatable bonds is 4. The van der Waals surface area contributed by atoms with Gasteiger partial charge in [-0.1, -0.05) is 11.6 Å². The van der Waals surface area contributed by atoms with E-state index in [1.165, 1.54) is 0 Å². The van der Waals surface area contributed by atoms with Crippen LogP contribution in [0.1, 0.15) is 5.56 Å². The normalized spacial score (nSPS) is 13.4. The van der Waals surface area contributed by atoms with Crippen LogP contribution in [0, 0.1) is 34.5 Å². The van der Waals surface area contributed by atoms with Gasteiger partial charge in [0.15, 0.2) is 17.4 Å². The van der Waals surface area contributed by atoms with Gasteiger partial charge >= 0.3 is 0 Å². The van der Waals surface area contributed by atoms with Crippen molar-refractivity contribution in [3.05, 3.63) is 56.4 Å². The number of hydrogen-bond donors (Lipinski definition) is 0. The molecule has 2 aromatic carbocycles. The van der Waals surface area contributed by atoms with Gasteiger partial charge in [-0.2, -0.15) is 4.39 Å². The van der Waals surface area contributed by atoms with Crippen LogP contribution >= 0.6 is 29.3 Å². The van der Waals surface area contributed by atoms with E-state index in [0.29, 0.717) is 0 Å². The summed E-state index contributed by atoms with van der Waals surface area (Å²) in [7, 11) is 0. The number of halogens is 5. The van der Waals surface area contributed by atoms with Crippen LogP contribution in [0.5, 0.6) is 11.5 Å². The molecule has 0 radical (unpaired) electrons. The maximum atomic E-state index is 14.0. The fourth-order valence-corrected chi connectivity index (χ4v) is 3.56. The van der Waals surface area contributed by atoms with Gasteiger partial charge in [-0.25, -0.2) is 8.78 Å². The highest BCUT2D eigenvalue weighted by Crippen LogP contribution is 2.49. The highest BCUT2D eigenvalue weighted by molar-refractivity contribution is 7.94. The lowest BCUT2D eigenvalue weighted by atomic mass is 10.2. The van der Waals surface area contributed by atoms with E-state index in [-0.39, 0.29) is 11.1 Å². The zero-order chi connectivity index (χ0) is 19.1. The first-order chi connectivity index (χ1) is 11.4. The third-order valence-corrected chi connectivity index (χ3v) is 5.34. The lowest BCUT2D eigenvalue weighted by Gasteiger charge is -2.13. The highest BCUT2D eigenvalue weighted by atomic mass is 35.7. The van der Waals surface area contributed by atoms with Crippen molar-refractivity contribution < 1.29 is 27.4 Å². The Morgan fingerprint density at radius 2 is 1.80 bits per heavy atom. The maximum Gasteiger partial charge on any atom is 0.281 e. The molecule has 0 spiro atoms. The summed E-state index contributed by atoms with van der Waals surface area (Å²) in [5.74, 6) is -5.46. The molecule has 0 fully saturated rings. The van der Waals surface area contributed by atoms with E-state index in [1.54, 1.807) is 0 Å². The van der Waals surface area contributed by atoms with Gasteiger partial charge in [-0.3, -0.25) is 10.1 Å². The van der Waals surface area contributed by atoms with Crippen molar-refractivity contribution in [1.29, 1.82) is 0 Å². The molecule has 25 heavy (non-hydrogen) atoms. The Morgan fingerprint density at radius 1 is 1.20 bits per heavy atom. The fourth-order valence-electron chi connectivity index (χ4n) is 1.97. The third-order valence-electron chi connectivity index (χ3n) is 3.24. The van der Waals surface area contributed by atoms with Gasteiger partial charge in [-0.15, -0.1) is 0 Å². The van der Waals surface area contributed by atoms with Crippen molar-refractivity contribution >= 4 is 40.3 Å². The molecule has 5 nitrogen and oxygen atoms in total. The average molecular weight is 414 g/mol. The molecule has 0 aliphatic rings. The van der Waals surface area contributed by atoms with E-state index < -0.39 is 50.9 Å². The van der Waals surface area contributed by atoms with Crippen LogP contribution in [0.2, 0.25) is 5.02 Å². The molecule has 0 amide bonds. The van der Waals surface area contributed by atoms with Gasteiger partial charge in [0, 0.05) is 18.3 Å². The Kier molecular flexibility index (Phi) is 5.37. The summed E-state index contributed by atoms with van der Waals surface area (Å²) in [6.07, 6.45) is 0. The predicted octanol–water partition coefficient (Wildman–Crippen LogP) is 5.54. The largest absolute Gasteiger partial charge is 0.452 e. The van der Waals surface area contributed by atoms with Crippen molar-refractivity contribution in [3.63, 3.8) is 0 Å². The Bertz CT molecular complexity index is 904. The summed E-state index contributed by atoms with van der Waals surface area (Å²) in [4.78, 5) is 10.2. The summed E-state index contributed by atoms with van der Waals surface area (Å²) in [5, 5.41) is 9.81. The number of ether oxygens (including phenoxy) is 1. The number of nitro benzene ring substituents is 1. The van der Waals surface area contributed by atoms with Crippen molar-refractivity contribution in [2.75, 3.05) is 6.66 Å². The molecule has 1 atom stereocenters. The Hall–Kier alpha value is -1.76. The average Bonchev–Trinajstić information content (AvgIpc) is 2.54. The lowest BCUT2D eigenvalue weighted by molar-refractivity contribution is -0.383. The molecule has 1 unspecified atom stereocenters. The quantitative estimate of drug-likeness (QED) is 0.285. The monoisotopic (exact) mass is 413 g/mol. The summed E-state index contributed by atoms with van der Waals surface area (Å²) in [6, 6.07) is 2.88. The van der Waals surface area contributed by atoms with E-state index in [4.69, 9.17) is 27.6 Å². The van der Waals surface area contributed by atoms with Crippen LogP contribution in [-0.2, 0) is 4.57 Å². The topological polar surface area (TPSA) is 69.4 Å². The fraction of sp³-hybridized carbons (Fsp3) is 0.143. The van der Waals surface area contributed by atoms with E-state index in [2.05, 4.69) is 0 Å². The zero-order valence-electron chi connectivity index (χ0n) is 12.6. The Balaban J connectivity index is 2.60. The summed E-state index contributed by atoms with van der Waals surface area (Å²) < 4.78 is 58.5. The molecule has 2 rings (SSSR count). The first-order valence-corrected chi connectivity index (χ1v) is 9.95. The Labute approximate surface area is 149 Å². The molecule has 0 aliphatic carbocycles. The molecular weight excluding hydrogens is 405 g/mol. The molecule has 134 valence electrons. The molecule has 2 aromatic rings. The van der Waals surface area contributed by atoms with Crippen molar-refractivity contribution in [2.45, 2.75) is 6.92 Å². The van der Waals surface area contributed by atoms with Crippen LogP contribution in [0.25, 0.3) is 0 Å².